The van der Waals surface area contributed by atoms with E-state index in [0.29, 0.717) is 6.54 Å². The second-order valence-corrected chi connectivity index (χ2v) is 13.0. The van der Waals surface area contributed by atoms with Crippen molar-refractivity contribution < 1.29 is 0 Å². The van der Waals surface area contributed by atoms with Crippen LogP contribution < -0.4 is 0 Å². The Morgan fingerprint density at radius 2 is 1.04 bits per heavy atom. The summed E-state index contributed by atoms with van der Waals surface area (Å²) in [4.78, 5) is 14.1. The Morgan fingerprint density at radius 1 is 0.472 bits per heavy atom. The van der Waals surface area contributed by atoms with Crippen molar-refractivity contribution in [3.63, 3.8) is 0 Å². The van der Waals surface area contributed by atoms with E-state index in [1.165, 1.54) is 16.3 Å². The van der Waals surface area contributed by atoms with Crippen LogP contribution in [0.1, 0.15) is 16.7 Å². The van der Waals surface area contributed by atoms with Crippen LogP contribution in [0.25, 0.3) is 61.0 Å². The van der Waals surface area contributed by atoms with E-state index in [2.05, 4.69) is 187 Å². The van der Waals surface area contributed by atoms with Crippen molar-refractivity contribution in [1.29, 1.82) is 0 Å². The first kappa shape index (κ1) is 33.2. The molecule has 0 saturated carbocycles. The van der Waals surface area contributed by atoms with E-state index in [-0.39, 0.29) is 0 Å². The highest BCUT2D eigenvalue weighted by Crippen LogP contribution is 2.33. The molecule has 53 heavy (non-hydrogen) atoms. The van der Waals surface area contributed by atoms with Crippen molar-refractivity contribution in [3.05, 3.63) is 217 Å². The largest absolute Gasteiger partial charge is 0.280 e. The molecule has 1 heterocycles. The maximum absolute atomic E-state index is 5.26. The van der Waals surface area contributed by atoms with Crippen molar-refractivity contribution >= 4 is 28.9 Å². The molecular weight excluding hydrogens is 643 g/mol. The lowest BCUT2D eigenvalue weighted by atomic mass is 9.92. The molecule has 252 valence electrons. The molecule has 0 saturated heterocycles. The van der Waals surface area contributed by atoms with Crippen molar-refractivity contribution in [3.8, 4) is 44.5 Å². The van der Waals surface area contributed by atoms with Crippen LogP contribution in [0.2, 0.25) is 0 Å². The highest BCUT2D eigenvalue weighted by atomic mass is 14.8. The molecule has 8 rings (SSSR count). The van der Waals surface area contributed by atoms with E-state index < -0.39 is 0 Å². The molecule has 0 unspecified atom stereocenters. The zero-order valence-corrected chi connectivity index (χ0v) is 29.3. The van der Waals surface area contributed by atoms with Crippen molar-refractivity contribution in [2.45, 2.75) is 6.54 Å². The minimum absolute atomic E-state index is 0.527. The summed E-state index contributed by atoms with van der Waals surface area (Å²) in [6.07, 6.45) is 5.77. The van der Waals surface area contributed by atoms with Crippen LogP contribution in [-0.4, -0.2) is 17.4 Å². The zero-order chi connectivity index (χ0) is 35.8. The zero-order valence-electron chi connectivity index (χ0n) is 29.3. The molecule has 0 aliphatic carbocycles. The van der Waals surface area contributed by atoms with Crippen molar-refractivity contribution in [2.24, 2.45) is 9.98 Å². The van der Waals surface area contributed by atoms with Crippen molar-refractivity contribution in [1.82, 2.24) is 4.98 Å². The van der Waals surface area contributed by atoms with Gasteiger partial charge in [-0.1, -0.05) is 152 Å². The van der Waals surface area contributed by atoms with Gasteiger partial charge >= 0.3 is 0 Å². The summed E-state index contributed by atoms with van der Waals surface area (Å²) in [7, 11) is 0. The number of pyridine rings is 1. The first-order chi connectivity index (χ1) is 26.2. The van der Waals surface area contributed by atoms with E-state index in [0.717, 1.165) is 67.0 Å². The molecule has 3 nitrogen and oxygen atoms in total. The highest BCUT2D eigenvalue weighted by molar-refractivity contribution is 6.13. The van der Waals surface area contributed by atoms with Gasteiger partial charge < -0.3 is 0 Å². The molecular formula is C50H37N3. The van der Waals surface area contributed by atoms with E-state index in [9.17, 15) is 0 Å². The number of aromatic nitrogens is 1. The predicted molar refractivity (Wildman–Crippen MR) is 224 cm³/mol. The summed E-state index contributed by atoms with van der Waals surface area (Å²) in [6, 6.07) is 64.0. The van der Waals surface area contributed by atoms with Crippen LogP contribution in [0.4, 0.5) is 0 Å². The highest BCUT2D eigenvalue weighted by Gasteiger charge is 2.13. The number of benzene rings is 7. The van der Waals surface area contributed by atoms with Crippen LogP contribution in [0, 0.1) is 0 Å². The van der Waals surface area contributed by atoms with Gasteiger partial charge in [0, 0.05) is 23.5 Å². The Bertz CT molecular complexity index is 2550. The number of allylic oxidation sites excluding steroid dienone is 1. The summed E-state index contributed by atoms with van der Waals surface area (Å²) in [5, 5.41) is 2.42. The Morgan fingerprint density at radius 3 is 1.74 bits per heavy atom. The van der Waals surface area contributed by atoms with E-state index in [4.69, 9.17) is 4.99 Å². The van der Waals surface area contributed by atoms with E-state index in [1.54, 1.807) is 6.20 Å². The summed E-state index contributed by atoms with van der Waals surface area (Å²) in [5.74, 6) is 0. The molecule has 7 aromatic carbocycles. The number of aliphatic imine (C=N–C) groups is 2. The SMILES string of the molecule is C=N/C(=C\C(=NCc1ccccc1)c1cc(-c2ccc(-c3cccnc3)cc2)cc(-c2ccc3ccccc3c2)c1)c1ccc(-c2ccccc2)cc1. The fourth-order valence-corrected chi connectivity index (χ4v) is 6.66. The average Bonchev–Trinajstić information content (AvgIpc) is 3.24. The maximum Gasteiger partial charge on any atom is 0.0716 e. The normalized spacial score (nSPS) is 11.8. The number of hydrogen-bond acceptors (Lipinski definition) is 3. The Balaban J connectivity index is 1.26. The molecule has 0 fully saturated rings. The number of fused-ring (bicyclic) bond motifs is 1. The molecule has 3 heteroatoms. The summed E-state index contributed by atoms with van der Waals surface area (Å²) < 4.78 is 0. The second kappa shape index (κ2) is 15.5. The number of rotatable bonds is 10. The standard InChI is InChI=1S/C50H37N3/c1-51-49(42-25-22-39(23-26-42)37-13-6-3-7-14-37)33-50(53-34-36-11-4-2-5-12-36)48-31-46(41-20-18-40(19-21-41)45-17-10-28-52-35-45)30-47(32-48)44-27-24-38-15-8-9-16-43(38)29-44/h2-33,35H,1,34H2/b49-33-,53-50?. The minimum Gasteiger partial charge on any atom is -0.280 e. The topological polar surface area (TPSA) is 37.6 Å². The Labute approximate surface area is 311 Å². The smallest absolute Gasteiger partial charge is 0.0716 e. The lowest BCUT2D eigenvalue weighted by molar-refractivity contribution is 1.07. The number of nitrogens with zero attached hydrogens (tertiary/aromatic N) is 3. The van der Waals surface area contributed by atoms with Gasteiger partial charge in [0.25, 0.3) is 0 Å². The lowest BCUT2D eigenvalue weighted by Crippen LogP contribution is -2.02. The average molecular weight is 680 g/mol. The summed E-state index contributed by atoms with van der Waals surface area (Å²) >= 11 is 0. The molecule has 0 aliphatic heterocycles. The molecule has 0 radical (unpaired) electrons. The van der Waals surface area contributed by atoms with Gasteiger partial charge in [-0.3, -0.25) is 15.0 Å². The van der Waals surface area contributed by atoms with Gasteiger partial charge in [0.05, 0.1) is 18.0 Å². The van der Waals surface area contributed by atoms with Gasteiger partial charge in [-0.15, -0.1) is 0 Å². The van der Waals surface area contributed by atoms with Gasteiger partial charge in [-0.2, -0.15) is 0 Å². The molecule has 0 atom stereocenters. The fraction of sp³-hybridized carbons (Fsp3) is 0.0200. The third kappa shape index (κ3) is 7.70. The van der Waals surface area contributed by atoms with Gasteiger partial charge in [0.15, 0.2) is 0 Å². The predicted octanol–water partition coefficient (Wildman–Crippen LogP) is 12.6. The molecule has 8 aromatic rings. The van der Waals surface area contributed by atoms with E-state index in [1.807, 2.05) is 24.4 Å². The maximum atomic E-state index is 5.26. The molecule has 0 bridgehead atoms. The third-order valence-corrected chi connectivity index (χ3v) is 9.53. The molecule has 0 N–H and O–H groups in total. The van der Waals surface area contributed by atoms with Gasteiger partial charge in [0.1, 0.15) is 0 Å². The molecule has 0 aliphatic rings. The second-order valence-electron chi connectivity index (χ2n) is 13.0. The fourth-order valence-electron chi connectivity index (χ4n) is 6.66. The summed E-state index contributed by atoms with van der Waals surface area (Å²) in [6.45, 7) is 4.52. The molecule has 0 spiro atoms. The van der Waals surface area contributed by atoms with Gasteiger partial charge in [-0.25, -0.2) is 0 Å². The van der Waals surface area contributed by atoms with Crippen LogP contribution in [0.3, 0.4) is 0 Å². The lowest BCUT2D eigenvalue weighted by Gasteiger charge is -2.14. The van der Waals surface area contributed by atoms with Crippen LogP contribution >= 0.6 is 0 Å². The van der Waals surface area contributed by atoms with Gasteiger partial charge in [0.2, 0.25) is 0 Å². The monoisotopic (exact) mass is 679 g/mol. The van der Waals surface area contributed by atoms with Crippen LogP contribution in [0.5, 0.6) is 0 Å². The van der Waals surface area contributed by atoms with E-state index >= 15 is 0 Å². The molecule has 1 aromatic heterocycles. The third-order valence-electron chi connectivity index (χ3n) is 9.53. The first-order valence-electron chi connectivity index (χ1n) is 17.8. The first-order valence-corrected chi connectivity index (χ1v) is 17.8. The minimum atomic E-state index is 0.527. The number of hydrogen-bond donors (Lipinski definition) is 0. The Hall–Kier alpha value is -6.97. The molecule has 0 amide bonds. The Kier molecular flexibility index (Phi) is 9.71. The van der Waals surface area contributed by atoms with Crippen LogP contribution in [0.15, 0.2) is 210 Å². The summed E-state index contributed by atoms with van der Waals surface area (Å²) in [5.41, 5.74) is 13.7. The van der Waals surface area contributed by atoms with Gasteiger partial charge in [-0.05, 0) is 104 Å². The van der Waals surface area contributed by atoms with Crippen LogP contribution in [-0.2, 0) is 6.54 Å². The quantitative estimate of drug-likeness (QED) is 0.133. The van der Waals surface area contributed by atoms with Crippen molar-refractivity contribution in [2.75, 3.05) is 0 Å².